The smallest absolute Gasteiger partial charge is 0.183 e. The quantitative estimate of drug-likeness (QED) is 0.666. The van der Waals surface area contributed by atoms with Crippen LogP contribution in [0.15, 0.2) is 36.5 Å². The predicted molar refractivity (Wildman–Crippen MR) is 99.1 cm³/mol. The Morgan fingerprint density at radius 3 is 2.57 bits per heavy atom. The zero-order chi connectivity index (χ0) is 16.1. The molecule has 1 aromatic carbocycles. The van der Waals surface area contributed by atoms with Crippen molar-refractivity contribution in [2.75, 3.05) is 13.1 Å². The monoisotopic (exact) mass is 328 g/mol. The molecule has 1 aromatic heterocycles. The van der Waals surface area contributed by atoms with E-state index in [0.29, 0.717) is 0 Å². The Hall–Kier alpha value is -1.72. The number of aromatic nitrogens is 1. The number of pyridine rings is 1. The van der Waals surface area contributed by atoms with Crippen LogP contribution in [-0.2, 0) is 0 Å². The van der Waals surface area contributed by atoms with Gasteiger partial charge in [-0.05, 0) is 43.4 Å². The van der Waals surface area contributed by atoms with Gasteiger partial charge in [-0.1, -0.05) is 37.1 Å². The molecule has 0 saturated carbocycles. The van der Waals surface area contributed by atoms with Gasteiger partial charge in [0.1, 0.15) is 0 Å². The van der Waals surface area contributed by atoms with Crippen LogP contribution in [-0.4, -0.2) is 28.1 Å². The Morgan fingerprint density at radius 1 is 1.13 bits per heavy atom. The molecule has 2 heterocycles. The van der Waals surface area contributed by atoms with Crippen LogP contribution in [0.5, 0.6) is 0 Å². The molecule has 4 nitrogen and oxygen atoms in total. The predicted octanol–water partition coefficient (Wildman–Crippen LogP) is 3.55. The van der Waals surface area contributed by atoms with Crippen LogP contribution in [0.4, 0.5) is 0 Å². The van der Waals surface area contributed by atoms with Crippen LogP contribution in [0.2, 0.25) is 0 Å². The van der Waals surface area contributed by atoms with Gasteiger partial charge >= 0.3 is 0 Å². The number of fused-ring (bicyclic) bond motifs is 1. The molecule has 2 N–H and O–H groups in total. The third-order valence-electron chi connectivity index (χ3n) is 4.38. The maximum Gasteiger partial charge on any atom is 0.183 e. The maximum atomic E-state index is 5.51. The minimum Gasteiger partial charge on any atom is -0.348 e. The molecule has 1 aliphatic heterocycles. The molecule has 1 saturated heterocycles. The lowest BCUT2D eigenvalue weighted by atomic mass is 10.1. The minimum absolute atomic E-state index is 0.0875. The van der Waals surface area contributed by atoms with Gasteiger partial charge in [0.2, 0.25) is 0 Å². The second-order valence-corrected chi connectivity index (χ2v) is 6.54. The van der Waals surface area contributed by atoms with E-state index >= 15 is 0 Å². The molecule has 3 rings (SSSR count). The second kappa shape index (κ2) is 7.70. The molecular formula is C18H24N4S. The zero-order valence-electron chi connectivity index (χ0n) is 13.6. The molecule has 0 spiro atoms. The van der Waals surface area contributed by atoms with Crippen molar-refractivity contribution in [2.45, 2.75) is 38.6 Å². The summed E-state index contributed by atoms with van der Waals surface area (Å²) in [6.07, 6.45) is 7.00. The van der Waals surface area contributed by atoms with E-state index in [1.54, 1.807) is 0 Å². The Morgan fingerprint density at radius 2 is 1.83 bits per heavy atom. The average molecular weight is 328 g/mol. The maximum absolute atomic E-state index is 5.51. The van der Waals surface area contributed by atoms with Gasteiger partial charge in [0.15, 0.2) is 5.11 Å². The number of nitrogens with zero attached hydrogens (tertiary/aromatic N) is 2. The molecule has 5 heteroatoms. The first-order valence-corrected chi connectivity index (χ1v) is 8.80. The van der Waals surface area contributed by atoms with Crippen molar-refractivity contribution >= 4 is 28.1 Å². The Bertz CT molecular complexity index is 665. The van der Waals surface area contributed by atoms with Gasteiger partial charge in [-0.15, -0.1) is 0 Å². The zero-order valence-corrected chi connectivity index (χ0v) is 14.4. The molecule has 1 atom stereocenters. The van der Waals surface area contributed by atoms with Crippen LogP contribution < -0.4 is 10.9 Å². The lowest BCUT2D eigenvalue weighted by molar-refractivity contribution is 0.407. The van der Waals surface area contributed by atoms with Gasteiger partial charge in [0.05, 0.1) is 11.7 Å². The summed E-state index contributed by atoms with van der Waals surface area (Å²) >= 11 is 5.51. The molecule has 2 aromatic rings. The van der Waals surface area contributed by atoms with E-state index in [0.717, 1.165) is 29.3 Å². The summed E-state index contributed by atoms with van der Waals surface area (Å²) in [5.74, 6) is 0. The normalized spacial score (nSPS) is 16.8. The fourth-order valence-electron chi connectivity index (χ4n) is 2.93. The van der Waals surface area contributed by atoms with Crippen LogP contribution in [0.3, 0.4) is 0 Å². The lowest BCUT2D eigenvalue weighted by Gasteiger charge is -2.25. The van der Waals surface area contributed by atoms with Crippen LogP contribution >= 0.6 is 12.2 Å². The number of benzene rings is 1. The summed E-state index contributed by atoms with van der Waals surface area (Å²) in [5, 5.41) is 3.16. The van der Waals surface area contributed by atoms with E-state index in [4.69, 9.17) is 12.2 Å². The molecular weight excluding hydrogens is 304 g/mol. The van der Waals surface area contributed by atoms with Gasteiger partial charge in [-0.25, -0.2) is 5.43 Å². The number of hydrogen-bond acceptors (Lipinski definition) is 3. The number of rotatable bonds is 3. The number of nitrogens with one attached hydrogen (secondary N) is 2. The first-order chi connectivity index (χ1) is 11.2. The van der Waals surface area contributed by atoms with Crippen molar-refractivity contribution in [1.29, 1.82) is 0 Å². The van der Waals surface area contributed by atoms with E-state index in [1.807, 2.05) is 12.3 Å². The average Bonchev–Trinajstić information content (AvgIpc) is 2.88. The van der Waals surface area contributed by atoms with E-state index in [-0.39, 0.29) is 6.04 Å². The van der Waals surface area contributed by atoms with Gasteiger partial charge in [0, 0.05) is 24.7 Å². The van der Waals surface area contributed by atoms with Crippen LogP contribution in [0, 0.1) is 0 Å². The molecule has 23 heavy (non-hydrogen) atoms. The van der Waals surface area contributed by atoms with E-state index in [2.05, 4.69) is 51.9 Å². The fraction of sp³-hybridized carbons (Fsp3) is 0.444. The van der Waals surface area contributed by atoms with Gasteiger partial charge in [0.25, 0.3) is 0 Å². The molecule has 1 aliphatic rings. The van der Waals surface area contributed by atoms with E-state index in [9.17, 15) is 0 Å². The number of hydrazine groups is 1. The van der Waals surface area contributed by atoms with Crippen LogP contribution in [0.1, 0.15) is 44.3 Å². The van der Waals surface area contributed by atoms with Crippen molar-refractivity contribution in [3.8, 4) is 0 Å². The summed E-state index contributed by atoms with van der Waals surface area (Å²) < 4.78 is 0. The number of hydrogen-bond donors (Lipinski definition) is 2. The topological polar surface area (TPSA) is 40.2 Å². The minimum atomic E-state index is 0.0875. The highest BCUT2D eigenvalue weighted by Gasteiger charge is 2.13. The number of thiocarbonyl (C=S) groups is 1. The van der Waals surface area contributed by atoms with Gasteiger partial charge < -0.3 is 4.90 Å². The molecule has 0 aliphatic carbocycles. The highest BCUT2D eigenvalue weighted by Crippen LogP contribution is 2.17. The Kier molecular flexibility index (Phi) is 5.41. The third kappa shape index (κ3) is 4.18. The van der Waals surface area contributed by atoms with Crippen LogP contribution in [0.25, 0.3) is 10.8 Å². The molecule has 0 amide bonds. The standard InChI is InChI=1S/C18H24N4S/c1-14(17-12-15-8-4-5-9-16(15)13-19-17)20-21-18(23)22-10-6-2-3-7-11-22/h4-5,8-9,12-14,20H,2-3,6-7,10-11H2,1H3,(H,21,23). The third-order valence-corrected chi connectivity index (χ3v) is 4.74. The van der Waals surface area contributed by atoms with E-state index in [1.165, 1.54) is 31.1 Å². The number of likely N-dealkylation sites (tertiary alicyclic amines) is 1. The van der Waals surface area contributed by atoms with Gasteiger partial charge in [-0.3, -0.25) is 10.4 Å². The Labute approximate surface area is 143 Å². The highest BCUT2D eigenvalue weighted by atomic mass is 32.1. The molecule has 0 radical (unpaired) electrons. The fourth-order valence-corrected chi connectivity index (χ4v) is 3.18. The van der Waals surface area contributed by atoms with E-state index < -0.39 is 0 Å². The summed E-state index contributed by atoms with van der Waals surface area (Å²) in [5.41, 5.74) is 7.49. The van der Waals surface area contributed by atoms with Crippen molar-refractivity contribution in [3.63, 3.8) is 0 Å². The summed E-state index contributed by atoms with van der Waals surface area (Å²) in [4.78, 5) is 6.81. The van der Waals surface area contributed by atoms with Gasteiger partial charge in [-0.2, -0.15) is 0 Å². The first kappa shape index (κ1) is 16.1. The molecule has 1 fully saturated rings. The van der Waals surface area contributed by atoms with Crippen molar-refractivity contribution in [1.82, 2.24) is 20.7 Å². The van der Waals surface area contributed by atoms with Crippen molar-refractivity contribution in [2.24, 2.45) is 0 Å². The SMILES string of the molecule is CC(NNC(=S)N1CCCCCC1)c1cc2ccccc2cn1. The largest absolute Gasteiger partial charge is 0.348 e. The Balaban J connectivity index is 1.59. The summed E-state index contributed by atoms with van der Waals surface area (Å²) in [7, 11) is 0. The molecule has 122 valence electrons. The second-order valence-electron chi connectivity index (χ2n) is 6.15. The summed E-state index contributed by atoms with van der Waals surface area (Å²) in [6.45, 7) is 4.20. The van der Waals surface area contributed by atoms with Crippen molar-refractivity contribution in [3.05, 3.63) is 42.2 Å². The molecule has 1 unspecified atom stereocenters. The molecule has 0 bridgehead atoms. The first-order valence-electron chi connectivity index (χ1n) is 8.39. The highest BCUT2D eigenvalue weighted by molar-refractivity contribution is 7.80. The lowest BCUT2D eigenvalue weighted by Crippen LogP contribution is -2.47. The van der Waals surface area contributed by atoms with Crippen molar-refractivity contribution < 1.29 is 0 Å². The summed E-state index contributed by atoms with van der Waals surface area (Å²) in [6, 6.07) is 10.5.